The van der Waals surface area contributed by atoms with Crippen molar-refractivity contribution in [2.24, 2.45) is 0 Å². The van der Waals surface area contributed by atoms with Crippen molar-refractivity contribution < 1.29 is 23.0 Å². The molecule has 0 amide bonds. The van der Waals surface area contributed by atoms with Gasteiger partial charge in [0.05, 0.1) is 19.1 Å². The molecule has 0 aliphatic carbocycles. The van der Waals surface area contributed by atoms with Crippen molar-refractivity contribution in [2.45, 2.75) is 43.6 Å². The number of hydrogen-bond donors (Lipinski definition) is 1. The second-order valence-corrected chi connectivity index (χ2v) is 7.61. The van der Waals surface area contributed by atoms with E-state index in [2.05, 4.69) is 14.5 Å². The van der Waals surface area contributed by atoms with Crippen molar-refractivity contribution in [3.05, 3.63) is 42.2 Å². The van der Waals surface area contributed by atoms with Crippen LogP contribution in [0.5, 0.6) is 0 Å². The quantitative estimate of drug-likeness (QED) is 0.846. The van der Waals surface area contributed by atoms with Crippen LogP contribution in [0.2, 0.25) is 0 Å². The molecule has 0 unspecified atom stereocenters. The van der Waals surface area contributed by atoms with Gasteiger partial charge in [0.1, 0.15) is 5.82 Å². The summed E-state index contributed by atoms with van der Waals surface area (Å²) in [6.07, 6.45) is 0.217. The Kier molecular flexibility index (Phi) is 5.44. The standard InChI is InChI=1S/C20H24F3N3O2/c21-20(22,23)10-14-1-3-15(4-2-14)19-24-6-7-26(19)16-9-17-13-28-18(5-8-27)12-25(17)11-16/h1-4,6-7,16-18,27H,5,8-13H2/t16-,17+,18+/m1/s1. The van der Waals surface area contributed by atoms with Crippen molar-refractivity contribution in [1.82, 2.24) is 14.5 Å². The molecule has 1 aromatic heterocycles. The van der Waals surface area contributed by atoms with Gasteiger partial charge in [-0.25, -0.2) is 4.98 Å². The maximum atomic E-state index is 12.6. The Morgan fingerprint density at radius 1 is 1.14 bits per heavy atom. The number of hydrogen-bond acceptors (Lipinski definition) is 4. The summed E-state index contributed by atoms with van der Waals surface area (Å²) < 4.78 is 45.7. The molecule has 2 aromatic rings. The Morgan fingerprint density at radius 3 is 2.64 bits per heavy atom. The Bertz CT molecular complexity index is 791. The first kappa shape index (κ1) is 19.4. The molecule has 2 fully saturated rings. The molecule has 2 saturated heterocycles. The minimum absolute atomic E-state index is 0.0726. The Hall–Kier alpha value is -1.90. The van der Waals surface area contributed by atoms with Gasteiger partial charge in [-0.1, -0.05) is 24.3 Å². The molecule has 0 bridgehead atoms. The SMILES string of the molecule is OCC[C@H]1CN2C[C@H](n3ccnc3-c3ccc(CC(F)(F)F)cc3)C[C@H]2CO1. The van der Waals surface area contributed by atoms with Crippen LogP contribution in [-0.4, -0.2) is 64.2 Å². The maximum Gasteiger partial charge on any atom is 0.393 e. The molecule has 152 valence electrons. The number of aromatic nitrogens is 2. The zero-order valence-electron chi connectivity index (χ0n) is 15.5. The first-order chi connectivity index (χ1) is 13.4. The van der Waals surface area contributed by atoms with Gasteiger partial charge in [-0.3, -0.25) is 4.90 Å². The van der Waals surface area contributed by atoms with E-state index in [1.54, 1.807) is 18.3 Å². The second-order valence-electron chi connectivity index (χ2n) is 7.61. The monoisotopic (exact) mass is 395 g/mol. The maximum absolute atomic E-state index is 12.6. The number of imidazole rings is 1. The third-order valence-corrected chi connectivity index (χ3v) is 5.60. The van der Waals surface area contributed by atoms with Crippen LogP contribution in [0.1, 0.15) is 24.4 Å². The summed E-state index contributed by atoms with van der Waals surface area (Å²) in [5.74, 6) is 0.774. The molecule has 28 heavy (non-hydrogen) atoms. The molecule has 2 aliphatic heterocycles. The largest absolute Gasteiger partial charge is 0.396 e. The average Bonchev–Trinajstić information content (AvgIpc) is 3.27. The van der Waals surface area contributed by atoms with Crippen molar-refractivity contribution in [3.8, 4) is 11.4 Å². The summed E-state index contributed by atoms with van der Waals surface area (Å²) in [4.78, 5) is 6.86. The fraction of sp³-hybridized carbons (Fsp3) is 0.550. The summed E-state index contributed by atoms with van der Waals surface area (Å²) in [5, 5.41) is 9.13. The molecule has 3 heterocycles. The Morgan fingerprint density at radius 2 is 1.93 bits per heavy atom. The predicted molar refractivity (Wildman–Crippen MR) is 97.9 cm³/mol. The van der Waals surface area contributed by atoms with E-state index in [1.165, 1.54) is 12.1 Å². The molecule has 3 atom stereocenters. The van der Waals surface area contributed by atoms with E-state index >= 15 is 0 Å². The number of halogens is 3. The van der Waals surface area contributed by atoms with E-state index in [-0.39, 0.29) is 24.3 Å². The van der Waals surface area contributed by atoms with Crippen molar-refractivity contribution in [2.75, 3.05) is 26.3 Å². The molecule has 0 spiro atoms. The topological polar surface area (TPSA) is 50.5 Å². The van der Waals surface area contributed by atoms with E-state index < -0.39 is 12.6 Å². The highest BCUT2D eigenvalue weighted by atomic mass is 19.4. The number of fused-ring (bicyclic) bond motifs is 1. The predicted octanol–water partition coefficient (Wildman–Crippen LogP) is 3.05. The van der Waals surface area contributed by atoms with Crippen LogP contribution in [0.25, 0.3) is 11.4 Å². The van der Waals surface area contributed by atoms with Crippen molar-refractivity contribution in [1.29, 1.82) is 0 Å². The summed E-state index contributed by atoms with van der Waals surface area (Å²) in [6.45, 7) is 2.49. The zero-order chi connectivity index (χ0) is 19.7. The molecule has 0 saturated carbocycles. The number of aliphatic hydroxyl groups excluding tert-OH is 1. The highest BCUT2D eigenvalue weighted by Gasteiger charge is 2.38. The highest BCUT2D eigenvalue weighted by Crippen LogP contribution is 2.34. The number of ether oxygens (including phenoxy) is 1. The number of morpholine rings is 1. The summed E-state index contributed by atoms with van der Waals surface area (Å²) in [6, 6.07) is 7.06. The molecule has 1 aromatic carbocycles. The number of aliphatic hydroxyl groups is 1. The van der Waals surface area contributed by atoms with Gasteiger partial charge in [-0.05, 0) is 18.4 Å². The van der Waals surface area contributed by atoms with Crippen LogP contribution in [-0.2, 0) is 11.2 Å². The van der Waals surface area contributed by atoms with Crippen LogP contribution in [0.3, 0.4) is 0 Å². The van der Waals surface area contributed by atoms with E-state index in [0.29, 0.717) is 19.1 Å². The minimum atomic E-state index is -4.20. The summed E-state index contributed by atoms with van der Waals surface area (Å²) in [7, 11) is 0. The van der Waals surface area contributed by atoms with Crippen LogP contribution >= 0.6 is 0 Å². The highest BCUT2D eigenvalue weighted by molar-refractivity contribution is 5.56. The number of rotatable bonds is 5. The lowest BCUT2D eigenvalue weighted by Crippen LogP contribution is -2.46. The van der Waals surface area contributed by atoms with Crippen LogP contribution in [0.15, 0.2) is 36.7 Å². The first-order valence-electron chi connectivity index (χ1n) is 9.58. The number of nitrogens with zero attached hydrogens (tertiary/aromatic N) is 3. The Labute approximate surface area is 161 Å². The average molecular weight is 395 g/mol. The fourth-order valence-electron chi connectivity index (χ4n) is 4.27. The smallest absolute Gasteiger partial charge is 0.393 e. The van der Waals surface area contributed by atoms with Gasteiger partial charge >= 0.3 is 6.18 Å². The van der Waals surface area contributed by atoms with Crippen molar-refractivity contribution in [3.63, 3.8) is 0 Å². The summed E-state index contributed by atoms with van der Waals surface area (Å²) in [5.41, 5.74) is 1.06. The fourth-order valence-corrected chi connectivity index (χ4v) is 4.27. The zero-order valence-corrected chi connectivity index (χ0v) is 15.5. The first-order valence-corrected chi connectivity index (χ1v) is 9.58. The summed E-state index contributed by atoms with van der Waals surface area (Å²) >= 11 is 0. The van der Waals surface area contributed by atoms with Gasteiger partial charge in [0, 0.05) is 49.7 Å². The molecule has 5 nitrogen and oxygen atoms in total. The number of alkyl halides is 3. The van der Waals surface area contributed by atoms with Crippen LogP contribution in [0.4, 0.5) is 13.2 Å². The van der Waals surface area contributed by atoms with Gasteiger partial charge < -0.3 is 14.4 Å². The van der Waals surface area contributed by atoms with Gasteiger partial charge in [0.2, 0.25) is 0 Å². The minimum Gasteiger partial charge on any atom is -0.396 e. The molecule has 0 radical (unpaired) electrons. The van der Waals surface area contributed by atoms with Crippen LogP contribution < -0.4 is 0 Å². The lowest BCUT2D eigenvalue weighted by molar-refractivity contribution is -0.127. The molecule has 4 rings (SSSR count). The second kappa shape index (κ2) is 7.85. The third kappa shape index (κ3) is 4.24. The van der Waals surface area contributed by atoms with E-state index in [1.807, 2.05) is 6.20 Å². The molecular formula is C20H24F3N3O2. The lowest BCUT2D eigenvalue weighted by atomic mass is 10.1. The molecular weight excluding hydrogens is 371 g/mol. The Balaban J connectivity index is 1.48. The molecule has 2 aliphatic rings. The molecule has 8 heteroatoms. The van der Waals surface area contributed by atoms with E-state index in [9.17, 15) is 13.2 Å². The van der Waals surface area contributed by atoms with E-state index in [0.717, 1.165) is 30.9 Å². The van der Waals surface area contributed by atoms with Crippen LogP contribution in [0, 0.1) is 0 Å². The normalized spacial score (nSPS) is 25.8. The lowest BCUT2D eigenvalue weighted by Gasteiger charge is -2.34. The van der Waals surface area contributed by atoms with Crippen molar-refractivity contribution >= 4 is 0 Å². The van der Waals surface area contributed by atoms with Gasteiger partial charge in [0.15, 0.2) is 0 Å². The van der Waals surface area contributed by atoms with Gasteiger partial charge in [0.25, 0.3) is 0 Å². The van der Waals surface area contributed by atoms with Gasteiger partial charge in [-0.15, -0.1) is 0 Å². The molecule has 1 N–H and O–H groups in total. The van der Waals surface area contributed by atoms with E-state index in [4.69, 9.17) is 9.84 Å². The van der Waals surface area contributed by atoms with Gasteiger partial charge in [-0.2, -0.15) is 13.2 Å². The third-order valence-electron chi connectivity index (χ3n) is 5.60. The number of benzene rings is 1.